The maximum absolute atomic E-state index is 6.27. The summed E-state index contributed by atoms with van der Waals surface area (Å²) in [5.41, 5.74) is 0.547. The first-order valence-corrected chi connectivity index (χ1v) is 5.63. The van der Waals surface area contributed by atoms with Crippen LogP contribution in [-0.4, -0.2) is 5.38 Å². The van der Waals surface area contributed by atoms with E-state index in [0.29, 0.717) is 10.8 Å². The highest BCUT2D eigenvalue weighted by atomic mass is 35.5. The largest absolute Gasteiger partial charge is 0.123 e. The van der Waals surface area contributed by atoms with E-state index in [9.17, 15) is 0 Å². The second kappa shape index (κ2) is 4.00. The molecule has 0 aromatic rings. The molecule has 0 aliphatic heterocycles. The van der Waals surface area contributed by atoms with Crippen LogP contribution in [0.3, 0.4) is 0 Å². The Bertz CT molecular complexity index is 140. The van der Waals surface area contributed by atoms with Crippen molar-refractivity contribution >= 4 is 11.6 Å². The zero-order chi connectivity index (χ0) is 9.19. The topological polar surface area (TPSA) is 0 Å². The molecule has 1 rings (SSSR count). The summed E-state index contributed by atoms with van der Waals surface area (Å²) in [5.74, 6) is 0.778. The van der Waals surface area contributed by atoms with E-state index < -0.39 is 0 Å². The Hall–Kier alpha value is 0.290. The van der Waals surface area contributed by atoms with Gasteiger partial charge in [0.15, 0.2) is 0 Å². The smallest absolute Gasteiger partial charge is 0.0361 e. The van der Waals surface area contributed by atoms with Gasteiger partial charge in [-0.15, -0.1) is 11.6 Å². The van der Waals surface area contributed by atoms with E-state index in [-0.39, 0.29) is 0 Å². The van der Waals surface area contributed by atoms with Crippen LogP contribution in [0.25, 0.3) is 0 Å². The van der Waals surface area contributed by atoms with Crippen LogP contribution >= 0.6 is 11.6 Å². The summed E-state index contributed by atoms with van der Waals surface area (Å²) < 4.78 is 0. The zero-order valence-corrected chi connectivity index (χ0v) is 9.32. The van der Waals surface area contributed by atoms with Crippen LogP contribution in [0.2, 0.25) is 0 Å². The molecule has 0 heterocycles. The van der Waals surface area contributed by atoms with Crippen LogP contribution in [0.15, 0.2) is 0 Å². The van der Waals surface area contributed by atoms with Crippen LogP contribution < -0.4 is 0 Å². The van der Waals surface area contributed by atoms with Gasteiger partial charge in [-0.05, 0) is 37.0 Å². The molecule has 0 aromatic carbocycles. The van der Waals surface area contributed by atoms with Crippen molar-refractivity contribution in [3.63, 3.8) is 0 Å². The summed E-state index contributed by atoms with van der Waals surface area (Å²) in [5, 5.41) is 0.421. The van der Waals surface area contributed by atoms with Crippen molar-refractivity contribution in [1.82, 2.24) is 0 Å². The standard InChI is InChI=1S/C11H21Cl/c1-4-10(12)9-6-5-7-11(2,3)8-9/h9-10H,4-8H2,1-3H3. The van der Waals surface area contributed by atoms with E-state index in [2.05, 4.69) is 20.8 Å². The molecule has 1 aliphatic rings. The van der Waals surface area contributed by atoms with Crippen LogP contribution in [0.1, 0.15) is 52.9 Å². The van der Waals surface area contributed by atoms with Crippen LogP contribution in [0.5, 0.6) is 0 Å². The van der Waals surface area contributed by atoms with Crippen molar-refractivity contribution in [2.24, 2.45) is 11.3 Å². The predicted molar refractivity (Wildman–Crippen MR) is 55.7 cm³/mol. The minimum absolute atomic E-state index is 0.421. The summed E-state index contributed by atoms with van der Waals surface area (Å²) in [6, 6.07) is 0. The number of hydrogen-bond acceptors (Lipinski definition) is 0. The molecule has 0 radical (unpaired) electrons. The number of halogens is 1. The van der Waals surface area contributed by atoms with Gasteiger partial charge < -0.3 is 0 Å². The molecule has 2 atom stereocenters. The van der Waals surface area contributed by atoms with Gasteiger partial charge in [0.05, 0.1) is 0 Å². The summed E-state index contributed by atoms with van der Waals surface area (Å²) in [7, 11) is 0. The first-order valence-electron chi connectivity index (χ1n) is 5.19. The average molecular weight is 189 g/mol. The molecule has 0 spiro atoms. The third kappa shape index (κ3) is 2.65. The molecule has 1 fully saturated rings. The Balaban J connectivity index is 2.46. The molecule has 0 amide bonds. The van der Waals surface area contributed by atoms with Crippen molar-refractivity contribution in [2.75, 3.05) is 0 Å². The van der Waals surface area contributed by atoms with E-state index >= 15 is 0 Å². The fourth-order valence-electron chi connectivity index (χ4n) is 2.40. The van der Waals surface area contributed by atoms with Gasteiger partial charge in [0.2, 0.25) is 0 Å². The molecule has 2 unspecified atom stereocenters. The van der Waals surface area contributed by atoms with Gasteiger partial charge in [0, 0.05) is 5.38 Å². The van der Waals surface area contributed by atoms with E-state index in [1.54, 1.807) is 0 Å². The minimum atomic E-state index is 0.421. The Kier molecular flexibility index (Phi) is 3.46. The van der Waals surface area contributed by atoms with E-state index in [0.717, 1.165) is 12.3 Å². The van der Waals surface area contributed by atoms with Crippen molar-refractivity contribution in [3.05, 3.63) is 0 Å². The molecule has 0 aromatic heterocycles. The average Bonchev–Trinajstić information content (AvgIpc) is 2.01. The highest BCUT2D eigenvalue weighted by Gasteiger charge is 2.30. The molecule has 1 saturated carbocycles. The molecule has 0 saturated heterocycles. The first-order chi connectivity index (χ1) is 5.55. The third-order valence-corrected chi connectivity index (χ3v) is 3.81. The molecule has 1 aliphatic carbocycles. The van der Waals surface area contributed by atoms with Crippen molar-refractivity contribution in [3.8, 4) is 0 Å². The van der Waals surface area contributed by atoms with Crippen molar-refractivity contribution < 1.29 is 0 Å². The molecule has 12 heavy (non-hydrogen) atoms. The van der Waals surface area contributed by atoms with Gasteiger partial charge >= 0.3 is 0 Å². The maximum Gasteiger partial charge on any atom is 0.0361 e. The van der Waals surface area contributed by atoms with Gasteiger partial charge in [0.25, 0.3) is 0 Å². The van der Waals surface area contributed by atoms with E-state index in [4.69, 9.17) is 11.6 Å². The lowest BCUT2D eigenvalue weighted by atomic mass is 9.71. The monoisotopic (exact) mass is 188 g/mol. The second-order valence-corrected chi connectivity index (χ2v) is 5.51. The SMILES string of the molecule is CCC(Cl)C1CCCC(C)(C)C1. The first kappa shape index (κ1) is 10.4. The number of rotatable bonds is 2. The lowest BCUT2D eigenvalue weighted by Gasteiger charge is -2.37. The predicted octanol–water partition coefficient (Wildman–Crippen LogP) is 4.22. The lowest BCUT2D eigenvalue weighted by molar-refractivity contribution is 0.175. The highest BCUT2D eigenvalue weighted by Crippen LogP contribution is 2.41. The van der Waals surface area contributed by atoms with Crippen molar-refractivity contribution in [2.45, 2.75) is 58.3 Å². The summed E-state index contributed by atoms with van der Waals surface area (Å²) in [6.07, 6.45) is 6.57. The molecular formula is C11H21Cl. The fraction of sp³-hybridized carbons (Fsp3) is 1.00. The molecule has 72 valence electrons. The van der Waals surface area contributed by atoms with Crippen LogP contribution in [0.4, 0.5) is 0 Å². The summed E-state index contributed by atoms with van der Waals surface area (Å²) >= 11 is 6.27. The van der Waals surface area contributed by atoms with Gasteiger partial charge in [-0.2, -0.15) is 0 Å². The third-order valence-electron chi connectivity index (χ3n) is 3.14. The fourth-order valence-corrected chi connectivity index (χ4v) is 2.61. The van der Waals surface area contributed by atoms with Gasteiger partial charge in [0.1, 0.15) is 0 Å². The van der Waals surface area contributed by atoms with Gasteiger partial charge in [-0.1, -0.05) is 27.2 Å². The van der Waals surface area contributed by atoms with Crippen molar-refractivity contribution in [1.29, 1.82) is 0 Å². The minimum Gasteiger partial charge on any atom is -0.123 e. The molecule has 0 bridgehead atoms. The Labute approximate surface area is 81.7 Å². The Morgan fingerprint density at radius 2 is 2.17 bits per heavy atom. The normalized spacial score (nSPS) is 31.5. The van der Waals surface area contributed by atoms with E-state index in [1.165, 1.54) is 25.7 Å². The number of alkyl halides is 1. The molecular weight excluding hydrogens is 168 g/mol. The second-order valence-electron chi connectivity index (χ2n) is 4.94. The molecule has 1 heteroatoms. The highest BCUT2D eigenvalue weighted by molar-refractivity contribution is 6.20. The maximum atomic E-state index is 6.27. The lowest BCUT2D eigenvalue weighted by Crippen LogP contribution is -2.27. The van der Waals surface area contributed by atoms with Crippen LogP contribution in [0, 0.1) is 11.3 Å². The quantitative estimate of drug-likeness (QED) is 0.570. The zero-order valence-electron chi connectivity index (χ0n) is 8.57. The Morgan fingerprint density at radius 3 is 2.67 bits per heavy atom. The molecule has 0 N–H and O–H groups in total. The van der Waals surface area contributed by atoms with Crippen LogP contribution in [-0.2, 0) is 0 Å². The van der Waals surface area contributed by atoms with Gasteiger partial charge in [-0.25, -0.2) is 0 Å². The van der Waals surface area contributed by atoms with E-state index in [1.807, 2.05) is 0 Å². The molecule has 0 nitrogen and oxygen atoms in total. The summed E-state index contributed by atoms with van der Waals surface area (Å²) in [6.45, 7) is 6.94. The Morgan fingerprint density at radius 1 is 1.50 bits per heavy atom. The summed E-state index contributed by atoms with van der Waals surface area (Å²) in [4.78, 5) is 0. The number of hydrogen-bond donors (Lipinski definition) is 0. The van der Waals surface area contributed by atoms with Gasteiger partial charge in [-0.3, -0.25) is 0 Å².